The van der Waals surface area contributed by atoms with E-state index in [4.69, 9.17) is 18.2 Å². The molecule has 0 bridgehead atoms. The van der Waals surface area contributed by atoms with Crippen molar-refractivity contribution in [2.45, 2.75) is 0 Å². The Bertz CT molecular complexity index is 1410. The second kappa shape index (κ2) is 5.28. The molecule has 6 nitrogen and oxygen atoms in total. The number of rotatable bonds is 2. The van der Waals surface area contributed by atoms with Crippen LogP contribution in [0.3, 0.4) is 0 Å². The number of pyridine rings is 2. The smallest absolute Gasteiger partial charge is 0.181 e. The van der Waals surface area contributed by atoms with Gasteiger partial charge in [-0.2, -0.15) is 0 Å². The van der Waals surface area contributed by atoms with Crippen LogP contribution in [0.4, 0.5) is 0 Å². The number of hydrogen-bond donors (Lipinski definition) is 0. The molecule has 0 saturated carbocycles. The van der Waals surface area contributed by atoms with Gasteiger partial charge in [0.05, 0.1) is 0 Å². The van der Waals surface area contributed by atoms with E-state index in [0.29, 0.717) is 11.3 Å². The van der Waals surface area contributed by atoms with Crippen molar-refractivity contribution in [2.75, 3.05) is 0 Å². The first-order chi connectivity index (χ1) is 13.3. The number of aromatic nitrogens is 3. The summed E-state index contributed by atoms with van der Waals surface area (Å²) in [5.74, 6) is 1.43. The molecule has 6 aromatic rings. The van der Waals surface area contributed by atoms with Crippen LogP contribution in [-0.2, 0) is 0 Å². The second-order valence-electron chi connectivity index (χ2n) is 6.25. The van der Waals surface area contributed by atoms with Gasteiger partial charge in [-0.1, -0.05) is 0 Å². The Kier molecular flexibility index (Phi) is 2.79. The van der Waals surface area contributed by atoms with Crippen LogP contribution < -0.4 is 0 Å². The highest BCUT2D eigenvalue weighted by atomic mass is 16.3. The van der Waals surface area contributed by atoms with Crippen molar-refractivity contribution in [3.8, 4) is 22.8 Å². The lowest BCUT2D eigenvalue weighted by Crippen LogP contribution is -1.80. The van der Waals surface area contributed by atoms with Gasteiger partial charge in [0.15, 0.2) is 23.3 Å². The van der Waals surface area contributed by atoms with E-state index in [1.165, 1.54) is 6.39 Å². The Balaban J connectivity index is 1.46. The van der Waals surface area contributed by atoms with Crippen LogP contribution >= 0.6 is 0 Å². The fourth-order valence-corrected chi connectivity index (χ4v) is 3.23. The molecule has 6 heteroatoms. The number of benzene rings is 1. The Morgan fingerprint density at radius 1 is 0.741 bits per heavy atom. The third-order valence-electron chi connectivity index (χ3n) is 4.56. The van der Waals surface area contributed by atoms with Gasteiger partial charge in [0.25, 0.3) is 0 Å². The van der Waals surface area contributed by atoms with Gasteiger partial charge >= 0.3 is 0 Å². The molecule has 128 valence electrons. The van der Waals surface area contributed by atoms with Gasteiger partial charge in [0.1, 0.15) is 28.1 Å². The molecular formula is C21H11N3O3. The Morgan fingerprint density at radius 3 is 2.63 bits per heavy atom. The molecule has 0 amide bonds. The van der Waals surface area contributed by atoms with E-state index in [-0.39, 0.29) is 0 Å². The van der Waals surface area contributed by atoms with Crippen molar-refractivity contribution in [1.29, 1.82) is 0 Å². The summed E-state index contributed by atoms with van der Waals surface area (Å²) in [7, 11) is 0. The minimum absolute atomic E-state index is 0.701. The lowest BCUT2D eigenvalue weighted by molar-refractivity contribution is 0.602. The molecule has 6 rings (SSSR count). The lowest BCUT2D eigenvalue weighted by atomic mass is 10.1. The Morgan fingerprint density at radius 2 is 1.67 bits per heavy atom. The van der Waals surface area contributed by atoms with E-state index in [1.807, 2.05) is 48.5 Å². The summed E-state index contributed by atoms with van der Waals surface area (Å²) in [6, 6.07) is 15.3. The number of hydrogen-bond acceptors (Lipinski definition) is 6. The van der Waals surface area contributed by atoms with Gasteiger partial charge in [-0.25, -0.2) is 9.97 Å². The number of furan rings is 2. The largest absolute Gasteiger partial charge is 0.454 e. The molecule has 0 saturated heterocycles. The molecule has 5 heterocycles. The zero-order valence-electron chi connectivity index (χ0n) is 13.9. The van der Waals surface area contributed by atoms with Crippen molar-refractivity contribution in [3.63, 3.8) is 0 Å². The van der Waals surface area contributed by atoms with E-state index < -0.39 is 0 Å². The molecule has 0 atom stereocenters. The predicted octanol–water partition coefficient (Wildman–Crippen LogP) is 5.44. The summed E-state index contributed by atoms with van der Waals surface area (Å²) < 4.78 is 17.1. The first kappa shape index (κ1) is 14.3. The SMILES string of the molecule is c1cc2oc(-c3ccc4oc(-c5ccc6ocnc6c5)cc4n3)cc2cn1. The average molecular weight is 353 g/mol. The first-order valence-corrected chi connectivity index (χ1v) is 8.42. The molecule has 0 radical (unpaired) electrons. The summed E-state index contributed by atoms with van der Waals surface area (Å²) in [5, 5.41) is 0.947. The van der Waals surface area contributed by atoms with Gasteiger partial charge in [-0.15, -0.1) is 0 Å². The number of fused-ring (bicyclic) bond motifs is 3. The van der Waals surface area contributed by atoms with Crippen LogP contribution in [0.25, 0.3) is 55.9 Å². The summed E-state index contributed by atoms with van der Waals surface area (Å²) >= 11 is 0. The summed E-state index contributed by atoms with van der Waals surface area (Å²) in [5.41, 5.74) is 5.47. The molecule has 5 aromatic heterocycles. The average Bonchev–Trinajstić information content (AvgIpc) is 3.42. The normalized spacial score (nSPS) is 11.7. The van der Waals surface area contributed by atoms with E-state index in [1.54, 1.807) is 12.4 Å². The Hall–Kier alpha value is -3.93. The first-order valence-electron chi connectivity index (χ1n) is 8.42. The molecule has 0 N–H and O–H groups in total. The zero-order valence-corrected chi connectivity index (χ0v) is 13.9. The quantitative estimate of drug-likeness (QED) is 0.412. The van der Waals surface area contributed by atoms with E-state index >= 15 is 0 Å². The Labute approximate surface area is 152 Å². The van der Waals surface area contributed by atoms with Gasteiger partial charge in [0.2, 0.25) is 0 Å². The molecule has 0 unspecified atom stereocenters. The highest BCUT2D eigenvalue weighted by Gasteiger charge is 2.13. The lowest BCUT2D eigenvalue weighted by Gasteiger charge is -1.95. The van der Waals surface area contributed by atoms with Crippen molar-refractivity contribution in [2.24, 2.45) is 0 Å². The van der Waals surface area contributed by atoms with Gasteiger partial charge in [-0.05, 0) is 42.5 Å². The molecule has 0 spiro atoms. The van der Waals surface area contributed by atoms with Crippen molar-refractivity contribution in [1.82, 2.24) is 15.0 Å². The summed E-state index contributed by atoms with van der Waals surface area (Å²) in [6.07, 6.45) is 4.92. The second-order valence-corrected chi connectivity index (χ2v) is 6.25. The summed E-state index contributed by atoms with van der Waals surface area (Å²) in [6.45, 7) is 0. The molecule has 0 aliphatic heterocycles. The van der Waals surface area contributed by atoms with Crippen LogP contribution in [0.15, 0.2) is 80.6 Å². The third-order valence-corrected chi connectivity index (χ3v) is 4.56. The maximum atomic E-state index is 5.97. The highest BCUT2D eigenvalue weighted by molar-refractivity contribution is 5.86. The maximum Gasteiger partial charge on any atom is 0.181 e. The molecule has 0 fully saturated rings. The fraction of sp³-hybridized carbons (Fsp3) is 0. The topological polar surface area (TPSA) is 78.1 Å². The van der Waals surface area contributed by atoms with E-state index in [2.05, 4.69) is 9.97 Å². The summed E-state index contributed by atoms with van der Waals surface area (Å²) in [4.78, 5) is 13.0. The van der Waals surface area contributed by atoms with E-state index in [0.717, 1.165) is 44.6 Å². The van der Waals surface area contributed by atoms with Crippen LogP contribution in [0.2, 0.25) is 0 Å². The fourth-order valence-electron chi connectivity index (χ4n) is 3.23. The minimum Gasteiger partial charge on any atom is -0.454 e. The van der Waals surface area contributed by atoms with Gasteiger partial charge in [0, 0.05) is 29.4 Å². The number of oxazole rings is 1. The highest BCUT2D eigenvalue weighted by Crippen LogP contribution is 2.32. The van der Waals surface area contributed by atoms with Crippen molar-refractivity contribution >= 4 is 33.2 Å². The molecular weight excluding hydrogens is 342 g/mol. The molecule has 0 aliphatic carbocycles. The van der Waals surface area contributed by atoms with Crippen LogP contribution in [-0.4, -0.2) is 15.0 Å². The van der Waals surface area contributed by atoms with Gasteiger partial charge < -0.3 is 13.3 Å². The molecule has 27 heavy (non-hydrogen) atoms. The molecule has 0 aliphatic rings. The van der Waals surface area contributed by atoms with Crippen molar-refractivity contribution in [3.05, 3.63) is 67.3 Å². The zero-order chi connectivity index (χ0) is 17.8. The third kappa shape index (κ3) is 2.23. The molecule has 1 aromatic carbocycles. The maximum absolute atomic E-state index is 5.97. The van der Waals surface area contributed by atoms with Crippen LogP contribution in [0.1, 0.15) is 0 Å². The monoisotopic (exact) mass is 353 g/mol. The minimum atomic E-state index is 0.701. The van der Waals surface area contributed by atoms with Crippen LogP contribution in [0, 0.1) is 0 Å². The standard InChI is InChI=1S/C21H11N3O3/c1-3-18-15(23-11-25-18)7-12(1)20-9-16-19(27-20)4-2-14(24-16)21-8-13-10-22-6-5-17(13)26-21/h1-11H. The van der Waals surface area contributed by atoms with Crippen LogP contribution in [0.5, 0.6) is 0 Å². The van der Waals surface area contributed by atoms with Gasteiger partial charge in [-0.3, -0.25) is 4.98 Å². The van der Waals surface area contributed by atoms with E-state index in [9.17, 15) is 0 Å². The number of nitrogens with zero attached hydrogens (tertiary/aromatic N) is 3. The van der Waals surface area contributed by atoms with Crippen molar-refractivity contribution < 1.29 is 13.3 Å². The predicted molar refractivity (Wildman–Crippen MR) is 100 cm³/mol.